The minimum Gasteiger partial charge on any atom is -0.332 e. The lowest BCUT2D eigenvalue weighted by Crippen LogP contribution is -2.19. The highest BCUT2D eigenvalue weighted by atomic mass is 35.5. The summed E-state index contributed by atoms with van der Waals surface area (Å²) in [5.74, 6) is -0.132. The summed E-state index contributed by atoms with van der Waals surface area (Å²) < 4.78 is 0. The summed E-state index contributed by atoms with van der Waals surface area (Å²) in [5.41, 5.74) is 4.94. The number of amides is 1. The van der Waals surface area contributed by atoms with Gasteiger partial charge in [0.25, 0.3) is 5.91 Å². The van der Waals surface area contributed by atoms with Gasteiger partial charge in [0.05, 0.1) is 0 Å². The Bertz CT molecular complexity index is 1020. The van der Waals surface area contributed by atoms with Crippen molar-refractivity contribution in [2.45, 2.75) is 13.8 Å². The molecule has 3 N–H and O–H groups in total. The van der Waals surface area contributed by atoms with Crippen molar-refractivity contribution in [1.82, 2.24) is 0 Å². The first kappa shape index (κ1) is 19.9. The number of benzene rings is 3. The van der Waals surface area contributed by atoms with E-state index in [4.69, 9.17) is 23.8 Å². The number of thiocarbonyl (C=S) groups is 1. The number of hydrogen-bond donors (Lipinski definition) is 3. The van der Waals surface area contributed by atoms with Gasteiger partial charge in [-0.1, -0.05) is 35.9 Å². The molecular formula is C22H20ClN3OS. The van der Waals surface area contributed by atoms with Gasteiger partial charge in [0.2, 0.25) is 0 Å². The molecule has 1 amide bonds. The summed E-state index contributed by atoms with van der Waals surface area (Å²) in [6.45, 7) is 3.86. The van der Waals surface area contributed by atoms with E-state index in [1.165, 1.54) is 0 Å². The molecule has 0 aliphatic carbocycles. The Labute approximate surface area is 174 Å². The molecule has 3 aromatic carbocycles. The van der Waals surface area contributed by atoms with Crippen LogP contribution in [0.15, 0.2) is 66.7 Å². The van der Waals surface area contributed by atoms with Crippen molar-refractivity contribution in [2.75, 3.05) is 16.0 Å². The zero-order valence-electron chi connectivity index (χ0n) is 15.5. The van der Waals surface area contributed by atoms with E-state index in [1.807, 2.05) is 80.6 Å². The highest BCUT2D eigenvalue weighted by Gasteiger charge is 2.08. The number of halogens is 1. The normalized spacial score (nSPS) is 10.2. The Morgan fingerprint density at radius 1 is 0.786 bits per heavy atom. The first-order chi connectivity index (χ1) is 13.4. The van der Waals surface area contributed by atoms with Crippen molar-refractivity contribution in [3.05, 3.63) is 88.4 Å². The maximum absolute atomic E-state index is 12.4. The fourth-order valence-corrected chi connectivity index (χ4v) is 3.04. The molecule has 142 valence electrons. The lowest BCUT2D eigenvalue weighted by molar-refractivity contribution is 0.102. The Morgan fingerprint density at radius 3 is 2.00 bits per heavy atom. The second-order valence-corrected chi connectivity index (χ2v) is 7.20. The predicted molar refractivity (Wildman–Crippen MR) is 122 cm³/mol. The van der Waals surface area contributed by atoms with Crippen LogP contribution in [0.2, 0.25) is 5.02 Å². The van der Waals surface area contributed by atoms with Crippen molar-refractivity contribution < 1.29 is 4.79 Å². The maximum atomic E-state index is 12.4. The van der Waals surface area contributed by atoms with Crippen molar-refractivity contribution in [1.29, 1.82) is 0 Å². The third kappa shape index (κ3) is 5.09. The van der Waals surface area contributed by atoms with Crippen LogP contribution in [0.25, 0.3) is 0 Å². The summed E-state index contributed by atoms with van der Waals surface area (Å²) in [6.07, 6.45) is 0. The lowest BCUT2D eigenvalue weighted by Gasteiger charge is -2.12. The van der Waals surface area contributed by atoms with E-state index in [1.54, 1.807) is 0 Å². The van der Waals surface area contributed by atoms with Gasteiger partial charge in [-0.2, -0.15) is 0 Å². The van der Waals surface area contributed by atoms with Gasteiger partial charge in [0, 0.05) is 27.6 Å². The molecule has 0 aromatic heterocycles. The minimum atomic E-state index is -0.132. The van der Waals surface area contributed by atoms with Gasteiger partial charge in [0.1, 0.15) is 0 Å². The van der Waals surface area contributed by atoms with Crippen LogP contribution >= 0.6 is 23.8 Å². The largest absolute Gasteiger partial charge is 0.332 e. The Kier molecular flexibility index (Phi) is 6.29. The SMILES string of the molecule is Cc1ccc(NC(=S)Nc2ccc(NC(=O)c3ccccc3C)cc2)cc1Cl. The van der Waals surface area contributed by atoms with E-state index in [2.05, 4.69) is 16.0 Å². The summed E-state index contributed by atoms with van der Waals surface area (Å²) in [4.78, 5) is 12.4. The summed E-state index contributed by atoms with van der Waals surface area (Å²) in [7, 11) is 0. The fraction of sp³-hybridized carbons (Fsp3) is 0.0909. The van der Waals surface area contributed by atoms with E-state index in [-0.39, 0.29) is 5.91 Å². The Balaban J connectivity index is 1.59. The summed E-state index contributed by atoms with van der Waals surface area (Å²) in [6, 6.07) is 20.5. The van der Waals surface area contributed by atoms with Crippen molar-refractivity contribution in [3.63, 3.8) is 0 Å². The summed E-state index contributed by atoms with van der Waals surface area (Å²) in [5, 5.41) is 10.2. The van der Waals surface area contributed by atoms with E-state index >= 15 is 0 Å². The first-order valence-corrected chi connectivity index (χ1v) is 9.52. The van der Waals surface area contributed by atoms with Crippen LogP contribution in [-0.4, -0.2) is 11.0 Å². The van der Waals surface area contributed by atoms with Gasteiger partial charge >= 0.3 is 0 Å². The van der Waals surface area contributed by atoms with Crippen LogP contribution < -0.4 is 16.0 Å². The second-order valence-electron chi connectivity index (χ2n) is 6.39. The number of anilines is 3. The number of hydrogen-bond acceptors (Lipinski definition) is 2. The molecule has 0 atom stereocenters. The Hall–Kier alpha value is -2.89. The number of carbonyl (C=O) groups excluding carboxylic acids is 1. The molecule has 28 heavy (non-hydrogen) atoms. The average Bonchev–Trinajstić information content (AvgIpc) is 2.66. The van der Waals surface area contributed by atoms with Gasteiger partial charge in [-0.3, -0.25) is 4.79 Å². The topological polar surface area (TPSA) is 53.2 Å². The fourth-order valence-electron chi connectivity index (χ4n) is 2.63. The predicted octanol–water partition coefficient (Wildman–Crippen LogP) is 6.02. The van der Waals surface area contributed by atoms with Gasteiger partial charge in [-0.25, -0.2) is 0 Å². The van der Waals surface area contributed by atoms with Gasteiger partial charge in [0.15, 0.2) is 5.11 Å². The van der Waals surface area contributed by atoms with Gasteiger partial charge in [-0.15, -0.1) is 0 Å². The molecule has 0 saturated heterocycles. The van der Waals surface area contributed by atoms with Crippen molar-refractivity contribution >= 4 is 51.9 Å². The smallest absolute Gasteiger partial charge is 0.255 e. The van der Waals surface area contributed by atoms with Gasteiger partial charge in [-0.05, 0) is 79.7 Å². The van der Waals surface area contributed by atoms with Crippen LogP contribution in [0.1, 0.15) is 21.5 Å². The number of rotatable bonds is 4. The monoisotopic (exact) mass is 409 g/mol. The highest BCUT2D eigenvalue weighted by molar-refractivity contribution is 7.80. The highest BCUT2D eigenvalue weighted by Crippen LogP contribution is 2.21. The lowest BCUT2D eigenvalue weighted by atomic mass is 10.1. The number of aryl methyl sites for hydroxylation is 2. The van der Waals surface area contributed by atoms with Gasteiger partial charge < -0.3 is 16.0 Å². The van der Waals surface area contributed by atoms with Crippen LogP contribution in [0.3, 0.4) is 0 Å². The van der Waals surface area contributed by atoms with E-state index in [9.17, 15) is 4.79 Å². The van der Waals surface area contributed by atoms with E-state index in [0.29, 0.717) is 21.4 Å². The van der Waals surface area contributed by atoms with Crippen molar-refractivity contribution in [3.8, 4) is 0 Å². The minimum absolute atomic E-state index is 0.132. The first-order valence-electron chi connectivity index (χ1n) is 8.73. The van der Waals surface area contributed by atoms with Crippen LogP contribution in [0, 0.1) is 13.8 Å². The number of carbonyl (C=O) groups is 1. The van der Waals surface area contributed by atoms with Crippen LogP contribution in [0.5, 0.6) is 0 Å². The molecule has 0 radical (unpaired) electrons. The molecule has 3 aromatic rings. The molecule has 0 aliphatic heterocycles. The standard InChI is InChI=1S/C22H20ClN3OS/c1-14-5-3-4-6-19(14)21(27)24-16-9-11-17(12-10-16)25-22(28)26-18-8-7-15(2)20(23)13-18/h3-13H,1-2H3,(H,24,27)(H2,25,26,28). The molecule has 4 nitrogen and oxygen atoms in total. The molecule has 0 spiro atoms. The van der Waals surface area contributed by atoms with E-state index < -0.39 is 0 Å². The molecule has 0 saturated carbocycles. The number of nitrogens with one attached hydrogen (secondary N) is 3. The second kappa shape index (κ2) is 8.87. The third-order valence-electron chi connectivity index (χ3n) is 4.22. The maximum Gasteiger partial charge on any atom is 0.255 e. The van der Waals surface area contributed by atoms with Crippen LogP contribution in [-0.2, 0) is 0 Å². The van der Waals surface area contributed by atoms with Crippen molar-refractivity contribution in [2.24, 2.45) is 0 Å². The molecule has 0 aliphatic rings. The average molecular weight is 410 g/mol. The van der Waals surface area contributed by atoms with E-state index in [0.717, 1.165) is 22.5 Å². The molecule has 6 heteroatoms. The zero-order chi connectivity index (χ0) is 20.1. The quantitative estimate of drug-likeness (QED) is 0.461. The third-order valence-corrected chi connectivity index (χ3v) is 4.83. The Morgan fingerprint density at radius 2 is 1.36 bits per heavy atom. The van der Waals surface area contributed by atoms with Crippen LogP contribution in [0.4, 0.5) is 17.1 Å². The molecule has 0 bridgehead atoms. The molecule has 0 unspecified atom stereocenters. The summed E-state index contributed by atoms with van der Waals surface area (Å²) >= 11 is 11.5. The molecule has 3 rings (SSSR count). The molecule has 0 heterocycles. The molecule has 0 fully saturated rings. The zero-order valence-corrected chi connectivity index (χ0v) is 17.1. The molecular weight excluding hydrogens is 390 g/mol.